The number of amides is 1. The SMILES string of the molecule is Cc1cc(Cl)c(CC(=O)N2CCC(c3ccc(NS(C)(=O)=O)cc3)=N2)cc1C. The largest absolute Gasteiger partial charge is 0.284 e. The molecule has 0 atom stereocenters. The molecule has 2 aromatic carbocycles. The summed E-state index contributed by atoms with van der Waals surface area (Å²) in [4.78, 5) is 12.6. The average Bonchev–Trinajstić information content (AvgIpc) is 3.09. The molecule has 1 N–H and O–H groups in total. The van der Waals surface area contributed by atoms with Crippen molar-refractivity contribution in [2.75, 3.05) is 17.5 Å². The Labute approximate surface area is 170 Å². The number of aryl methyl sites for hydroxylation is 2. The number of nitrogens with zero attached hydrogens (tertiary/aromatic N) is 2. The maximum Gasteiger partial charge on any atom is 0.247 e. The highest BCUT2D eigenvalue weighted by molar-refractivity contribution is 7.92. The standard InChI is InChI=1S/C20H22ClN3O3S/c1-13-10-16(18(21)11-14(13)2)12-20(25)24-9-8-19(22-24)15-4-6-17(7-5-15)23-28(3,26)27/h4-7,10-11,23H,8-9,12H2,1-3H3. The topological polar surface area (TPSA) is 78.8 Å². The predicted octanol–water partition coefficient (Wildman–Crippen LogP) is 3.51. The van der Waals surface area contributed by atoms with E-state index >= 15 is 0 Å². The van der Waals surface area contributed by atoms with Crippen LogP contribution in [0.25, 0.3) is 0 Å². The molecule has 148 valence electrons. The summed E-state index contributed by atoms with van der Waals surface area (Å²) in [5.74, 6) is -0.101. The minimum absolute atomic E-state index is 0.101. The normalized spacial score (nSPS) is 14.1. The first-order valence-corrected chi connectivity index (χ1v) is 11.1. The van der Waals surface area contributed by atoms with E-state index in [2.05, 4.69) is 9.82 Å². The summed E-state index contributed by atoms with van der Waals surface area (Å²) in [7, 11) is -3.31. The molecule has 0 bridgehead atoms. The molecule has 0 radical (unpaired) electrons. The quantitative estimate of drug-likeness (QED) is 0.805. The summed E-state index contributed by atoms with van der Waals surface area (Å²) in [6, 6.07) is 10.8. The summed E-state index contributed by atoms with van der Waals surface area (Å²) in [5.41, 5.74) is 5.14. The Morgan fingerprint density at radius 3 is 2.46 bits per heavy atom. The molecule has 0 aliphatic carbocycles. The van der Waals surface area contributed by atoms with Crippen LogP contribution in [0.4, 0.5) is 5.69 Å². The predicted molar refractivity (Wildman–Crippen MR) is 112 cm³/mol. The zero-order valence-corrected chi connectivity index (χ0v) is 17.6. The molecule has 28 heavy (non-hydrogen) atoms. The lowest BCUT2D eigenvalue weighted by atomic mass is 10.0. The van der Waals surface area contributed by atoms with E-state index in [0.717, 1.165) is 34.2 Å². The van der Waals surface area contributed by atoms with Gasteiger partial charge in [0.25, 0.3) is 0 Å². The molecule has 0 spiro atoms. The first kappa shape index (κ1) is 20.4. The van der Waals surface area contributed by atoms with Gasteiger partial charge in [-0.05, 0) is 54.3 Å². The number of benzene rings is 2. The highest BCUT2D eigenvalue weighted by atomic mass is 35.5. The van der Waals surface area contributed by atoms with Gasteiger partial charge in [-0.2, -0.15) is 5.10 Å². The van der Waals surface area contributed by atoms with E-state index in [1.54, 1.807) is 24.3 Å². The molecule has 0 saturated heterocycles. The van der Waals surface area contributed by atoms with Gasteiger partial charge in [0.1, 0.15) is 0 Å². The number of hydrogen-bond acceptors (Lipinski definition) is 4. The highest BCUT2D eigenvalue weighted by Crippen LogP contribution is 2.23. The van der Waals surface area contributed by atoms with Gasteiger partial charge in [0, 0.05) is 17.1 Å². The number of carbonyl (C=O) groups is 1. The van der Waals surface area contributed by atoms with Crippen molar-refractivity contribution in [1.82, 2.24) is 5.01 Å². The van der Waals surface area contributed by atoms with E-state index in [1.807, 2.05) is 26.0 Å². The number of anilines is 1. The Kier molecular flexibility index (Phi) is 5.76. The fourth-order valence-corrected chi connectivity index (χ4v) is 3.86. The third-order valence-electron chi connectivity index (χ3n) is 4.62. The lowest BCUT2D eigenvalue weighted by Crippen LogP contribution is -2.25. The van der Waals surface area contributed by atoms with E-state index in [4.69, 9.17) is 11.6 Å². The first-order chi connectivity index (χ1) is 13.1. The second-order valence-corrected chi connectivity index (χ2v) is 9.13. The summed E-state index contributed by atoms with van der Waals surface area (Å²) >= 11 is 6.28. The van der Waals surface area contributed by atoms with E-state index in [9.17, 15) is 13.2 Å². The van der Waals surface area contributed by atoms with E-state index in [0.29, 0.717) is 23.7 Å². The van der Waals surface area contributed by atoms with Gasteiger partial charge in [-0.25, -0.2) is 13.4 Å². The van der Waals surface area contributed by atoms with Crippen LogP contribution in [-0.4, -0.2) is 37.8 Å². The van der Waals surface area contributed by atoms with Crippen molar-refractivity contribution in [1.29, 1.82) is 0 Å². The second kappa shape index (κ2) is 7.93. The lowest BCUT2D eigenvalue weighted by molar-refractivity contribution is -0.130. The Bertz CT molecular complexity index is 1050. The minimum atomic E-state index is -3.31. The van der Waals surface area contributed by atoms with Crippen LogP contribution in [0.3, 0.4) is 0 Å². The van der Waals surface area contributed by atoms with E-state index in [-0.39, 0.29) is 12.3 Å². The monoisotopic (exact) mass is 419 g/mol. The van der Waals surface area contributed by atoms with Gasteiger partial charge in [-0.1, -0.05) is 29.8 Å². The number of hydrazone groups is 1. The molecule has 6 nitrogen and oxygen atoms in total. The van der Waals surface area contributed by atoms with Gasteiger partial charge in [0.05, 0.1) is 24.9 Å². The molecule has 0 fully saturated rings. The fraction of sp³-hybridized carbons (Fsp3) is 0.300. The third-order valence-corrected chi connectivity index (χ3v) is 5.57. The summed E-state index contributed by atoms with van der Waals surface area (Å²) in [6.45, 7) is 4.49. The van der Waals surface area contributed by atoms with Crippen molar-refractivity contribution in [3.05, 3.63) is 63.7 Å². The Morgan fingerprint density at radius 1 is 1.18 bits per heavy atom. The van der Waals surface area contributed by atoms with Crippen molar-refractivity contribution in [3.63, 3.8) is 0 Å². The molecular weight excluding hydrogens is 398 g/mol. The Hall–Kier alpha value is -2.38. The van der Waals surface area contributed by atoms with Crippen LogP contribution in [-0.2, 0) is 21.2 Å². The second-order valence-electron chi connectivity index (χ2n) is 6.97. The summed E-state index contributed by atoms with van der Waals surface area (Å²) in [5, 5.41) is 6.51. The average molecular weight is 420 g/mol. The van der Waals surface area contributed by atoms with Gasteiger partial charge in [-0.3, -0.25) is 9.52 Å². The summed E-state index contributed by atoms with van der Waals surface area (Å²) < 4.78 is 25.0. The molecular formula is C20H22ClN3O3S. The Morgan fingerprint density at radius 2 is 1.82 bits per heavy atom. The molecule has 1 amide bonds. The van der Waals surface area contributed by atoms with Gasteiger partial charge >= 0.3 is 0 Å². The molecule has 2 aromatic rings. The van der Waals surface area contributed by atoms with Gasteiger partial charge < -0.3 is 0 Å². The minimum Gasteiger partial charge on any atom is -0.284 e. The van der Waals surface area contributed by atoms with Crippen molar-refractivity contribution >= 4 is 38.9 Å². The van der Waals surface area contributed by atoms with Crippen LogP contribution in [0.5, 0.6) is 0 Å². The number of rotatable bonds is 5. The molecule has 8 heteroatoms. The zero-order chi connectivity index (χ0) is 20.5. The van der Waals surface area contributed by atoms with Crippen LogP contribution in [0.1, 0.15) is 28.7 Å². The summed E-state index contributed by atoms with van der Waals surface area (Å²) in [6.07, 6.45) is 1.95. The molecule has 0 saturated carbocycles. The van der Waals surface area contributed by atoms with Crippen molar-refractivity contribution in [3.8, 4) is 0 Å². The smallest absolute Gasteiger partial charge is 0.247 e. The van der Waals surface area contributed by atoms with E-state index < -0.39 is 10.0 Å². The van der Waals surface area contributed by atoms with Crippen molar-refractivity contribution < 1.29 is 13.2 Å². The van der Waals surface area contributed by atoms with Crippen LogP contribution in [0.15, 0.2) is 41.5 Å². The number of hydrogen-bond donors (Lipinski definition) is 1. The van der Waals surface area contributed by atoms with Gasteiger partial charge in [0.15, 0.2) is 0 Å². The number of halogens is 1. The van der Waals surface area contributed by atoms with Crippen LogP contribution in [0.2, 0.25) is 5.02 Å². The molecule has 1 aliphatic heterocycles. The zero-order valence-electron chi connectivity index (χ0n) is 16.0. The van der Waals surface area contributed by atoms with Gasteiger partial charge in [0.2, 0.25) is 15.9 Å². The van der Waals surface area contributed by atoms with Gasteiger partial charge in [-0.15, -0.1) is 0 Å². The van der Waals surface area contributed by atoms with Crippen molar-refractivity contribution in [2.45, 2.75) is 26.7 Å². The lowest BCUT2D eigenvalue weighted by Gasteiger charge is -2.13. The molecule has 3 rings (SSSR count). The van der Waals surface area contributed by atoms with Crippen molar-refractivity contribution in [2.24, 2.45) is 5.10 Å². The van der Waals surface area contributed by atoms with Crippen LogP contribution >= 0.6 is 11.6 Å². The molecule has 0 aromatic heterocycles. The molecule has 0 unspecified atom stereocenters. The molecule has 1 aliphatic rings. The van der Waals surface area contributed by atoms with Crippen LogP contribution < -0.4 is 4.72 Å². The first-order valence-electron chi connectivity index (χ1n) is 8.84. The highest BCUT2D eigenvalue weighted by Gasteiger charge is 2.22. The van der Waals surface area contributed by atoms with E-state index in [1.165, 1.54) is 5.01 Å². The third kappa shape index (κ3) is 4.91. The maximum absolute atomic E-state index is 12.6. The van der Waals surface area contributed by atoms with Crippen LogP contribution in [0, 0.1) is 13.8 Å². The molecule has 1 heterocycles. The number of nitrogens with one attached hydrogen (secondary N) is 1. The number of carbonyl (C=O) groups excluding carboxylic acids is 1. The number of sulfonamides is 1. The fourth-order valence-electron chi connectivity index (χ4n) is 3.02. The Balaban J connectivity index is 1.71. The maximum atomic E-state index is 12.6.